The smallest absolute Gasteiger partial charge is 0.269 e. The average molecular weight is 292 g/mol. The lowest BCUT2D eigenvalue weighted by molar-refractivity contribution is -0.384. The molecule has 0 aliphatic carbocycles. The zero-order chi connectivity index (χ0) is 15.5. The number of hydrogen-bond donors (Lipinski definition) is 0. The van der Waals surface area contributed by atoms with Gasteiger partial charge in [0.2, 0.25) is 0 Å². The van der Waals surface area contributed by atoms with Gasteiger partial charge in [-0.2, -0.15) is 0 Å². The van der Waals surface area contributed by atoms with Gasteiger partial charge in [-0.1, -0.05) is 38.3 Å². The summed E-state index contributed by atoms with van der Waals surface area (Å²) >= 11 is 0. The summed E-state index contributed by atoms with van der Waals surface area (Å²) in [5.41, 5.74) is 1.36. The van der Waals surface area contributed by atoms with Crippen LogP contribution in [-0.2, 0) is 6.42 Å². The number of hydrogen-bond acceptors (Lipinski definition) is 3. The molecule has 0 heterocycles. The maximum absolute atomic E-state index is 10.6. The van der Waals surface area contributed by atoms with Gasteiger partial charge in [-0.05, 0) is 51.4 Å². The number of nitro groups is 1. The Morgan fingerprint density at radius 2 is 1.62 bits per heavy atom. The van der Waals surface area contributed by atoms with Crippen molar-refractivity contribution in [1.82, 2.24) is 4.90 Å². The number of nitrogens with zero attached hydrogens (tertiary/aromatic N) is 2. The summed E-state index contributed by atoms with van der Waals surface area (Å²) < 4.78 is 0. The first-order valence-corrected chi connectivity index (χ1v) is 8.05. The molecule has 0 radical (unpaired) electrons. The van der Waals surface area contributed by atoms with Crippen LogP contribution in [0.4, 0.5) is 5.69 Å². The maximum atomic E-state index is 10.6. The highest BCUT2D eigenvalue weighted by atomic mass is 16.6. The van der Waals surface area contributed by atoms with Gasteiger partial charge < -0.3 is 4.90 Å². The van der Waals surface area contributed by atoms with Crippen LogP contribution < -0.4 is 0 Å². The third kappa shape index (κ3) is 7.81. The van der Waals surface area contributed by atoms with E-state index in [1.807, 2.05) is 12.1 Å². The Labute approximate surface area is 128 Å². The SMILES string of the molecule is CCCCCCN(C)CCCCc1ccc([N+](=O)[O-])cc1. The molecule has 0 N–H and O–H groups in total. The fourth-order valence-electron chi connectivity index (χ4n) is 2.42. The number of benzene rings is 1. The first kappa shape index (κ1) is 17.6. The van der Waals surface area contributed by atoms with Crippen molar-refractivity contribution in [3.05, 3.63) is 39.9 Å². The summed E-state index contributed by atoms with van der Waals surface area (Å²) in [5.74, 6) is 0. The molecule has 4 heteroatoms. The predicted octanol–water partition coefficient (Wildman–Crippen LogP) is 4.43. The molecule has 4 nitrogen and oxygen atoms in total. The topological polar surface area (TPSA) is 46.4 Å². The van der Waals surface area contributed by atoms with Crippen LogP contribution in [0, 0.1) is 10.1 Å². The van der Waals surface area contributed by atoms with Crippen molar-refractivity contribution >= 4 is 5.69 Å². The Balaban J connectivity index is 2.11. The largest absolute Gasteiger partial charge is 0.306 e. The molecule has 0 spiro atoms. The Morgan fingerprint density at radius 1 is 1.00 bits per heavy atom. The van der Waals surface area contributed by atoms with Crippen LogP contribution in [-0.4, -0.2) is 30.0 Å². The monoisotopic (exact) mass is 292 g/mol. The maximum Gasteiger partial charge on any atom is 0.269 e. The molecule has 118 valence electrons. The lowest BCUT2D eigenvalue weighted by atomic mass is 10.1. The number of nitro benzene ring substituents is 1. The molecule has 0 amide bonds. The van der Waals surface area contributed by atoms with Gasteiger partial charge in [0.15, 0.2) is 0 Å². The molecule has 0 aliphatic heterocycles. The third-order valence-electron chi connectivity index (χ3n) is 3.80. The fourth-order valence-corrected chi connectivity index (χ4v) is 2.42. The van der Waals surface area contributed by atoms with Gasteiger partial charge >= 0.3 is 0 Å². The molecule has 0 saturated carbocycles. The second kappa shape index (κ2) is 10.3. The quantitative estimate of drug-likeness (QED) is 0.344. The van der Waals surface area contributed by atoms with Crippen molar-refractivity contribution in [2.75, 3.05) is 20.1 Å². The Bertz CT molecular complexity index is 404. The van der Waals surface area contributed by atoms with Gasteiger partial charge in [0.1, 0.15) is 0 Å². The van der Waals surface area contributed by atoms with Crippen LogP contribution in [0.15, 0.2) is 24.3 Å². The number of rotatable bonds is 11. The molecule has 0 saturated heterocycles. The molecular formula is C17H28N2O2. The van der Waals surface area contributed by atoms with Gasteiger partial charge in [-0.25, -0.2) is 0 Å². The predicted molar refractivity (Wildman–Crippen MR) is 87.7 cm³/mol. The van der Waals surface area contributed by atoms with E-state index in [2.05, 4.69) is 18.9 Å². The summed E-state index contributed by atoms with van der Waals surface area (Å²) in [6, 6.07) is 6.92. The van der Waals surface area contributed by atoms with Gasteiger partial charge in [0.05, 0.1) is 4.92 Å². The van der Waals surface area contributed by atoms with E-state index in [1.54, 1.807) is 12.1 Å². The van der Waals surface area contributed by atoms with Crippen LogP contribution in [0.3, 0.4) is 0 Å². The van der Waals surface area contributed by atoms with E-state index < -0.39 is 0 Å². The molecule has 0 bridgehead atoms. The zero-order valence-electron chi connectivity index (χ0n) is 13.4. The van der Waals surface area contributed by atoms with E-state index in [1.165, 1.54) is 44.2 Å². The summed E-state index contributed by atoms with van der Waals surface area (Å²) in [6.07, 6.45) is 8.59. The van der Waals surface area contributed by atoms with Gasteiger partial charge in [0, 0.05) is 12.1 Å². The van der Waals surface area contributed by atoms with Crippen molar-refractivity contribution in [2.45, 2.75) is 51.9 Å². The van der Waals surface area contributed by atoms with Crippen molar-refractivity contribution < 1.29 is 4.92 Å². The van der Waals surface area contributed by atoms with Crippen molar-refractivity contribution in [2.24, 2.45) is 0 Å². The summed E-state index contributed by atoms with van der Waals surface area (Å²) in [6.45, 7) is 4.57. The molecule has 1 aromatic rings. The molecule has 0 atom stereocenters. The van der Waals surface area contributed by atoms with E-state index >= 15 is 0 Å². The lowest BCUT2D eigenvalue weighted by Gasteiger charge is -2.16. The molecule has 0 aromatic heterocycles. The molecule has 0 unspecified atom stereocenters. The molecule has 21 heavy (non-hydrogen) atoms. The fraction of sp³-hybridized carbons (Fsp3) is 0.647. The normalized spacial score (nSPS) is 11.0. The van der Waals surface area contributed by atoms with Gasteiger partial charge in [-0.15, -0.1) is 0 Å². The minimum Gasteiger partial charge on any atom is -0.306 e. The molecule has 0 fully saturated rings. The third-order valence-corrected chi connectivity index (χ3v) is 3.80. The Morgan fingerprint density at radius 3 is 2.19 bits per heavy atom. The summed E-state index contributed by atoms with van der Waals surface area (Å²) in [5, 5.41) is 10.6. The van der Waals surface area contributed by atoms with Gasteiger partial charge in [-0.3, -0.25) is 10.1 Å². The first-order valence-electron chi connectivity index (χ1n) is 8.05. The van der Waals surface area contributed by atoms with E-state index in [9.17, 15) is 10.1 Å². The molecular weight excluding hydrogens is 264 g/mol. The second-order valence-electron chi connectivity index (χ2n) is 5.74. The molecule has 1 rings (SSSR count). The van der Waals surface area contributed by atoms with Crippen LogP contribution in [0.25, 0.3) is 0 Å². The standard InChI is InChI=1S/C17H28N2O2/c1-3-4-5-7-14-18(2)15-8-6-9-16-10-12-17(13-11-16)19(20)21/h10-13H,3-9,14-15H2,1-2H3. The minimum atomic E-state index is -0.350. The van der Waals surface area contributed by atoms with Crippen LogP contribution in [0.5, 0.6) is 0 Å². The highest BCUT2D eigenvalue weighted by Crippen LogP contribution is 2.13. The Kier molecular flexibility index (Phi) is 8.67. The lowest BCUT2D eigenvalue weighted by Crippen LogP contribution is -2.21. The van der Waals surface area contributed by atoms with E-state index in [0.717, 1.165) is 19.4 Å². The van der Waals surface area contributed by atoms with Crippen molar-refractivity contribution in [3.8, 4) is 0 Å². The Hall–Kier alpha value is -1.42. The molecule has 0 aliphatic rings. The number of unbranched alkanes of at least 4 members (excludes halogenated alkanes) is 4. The van der Waals surface area contributed by atoms with Gasteiger partial charge in [0.25, 0.3) is 5.69 Å². The van der Waals surface area contributed by atoms with Crippen LogP contribution in [0.1, 0.15) is 51.0 Å². The van der Waals surface area contributed by atoms with Crippen molar-refractivity contribution in [1.29, 1.82) is 0 Å². The average Bonchev–Trinajstić information content (AvgIpc) is 2.48. The van der Waals surface area contributed by atoms with Crippen molar-refractivity contribution in [3.63, 3.8) is 0 Å². The van der Waals surface area contributed by atoms with Crippen LogP contribution in [0.2, 0.25) is 0 Å². The highest BCUT2D eigenvalue weighted by molar-refractivity contribution is 5.32. The second-order valence-corrected chi connectivity index (χ2v) is 5.74. The zero-order valence-corrected chi connectivity index (χ0v) is 13.4. The van der Waals surface area contributed by atoms with Crippen LogP contribution >= 0.6 is 0 Å². The molecule has 1 aromatic carbocycles. The van der Waals surface area contributed by atoms with E-state index in [-0.39, 0.29) is 10.6 Å². The summed E-state index contributed by atoms with van der Waals surface area (Å²) in [7, 11) is 2.19. The van der Waals surface area contributed by atoms with E-state index in [4.69, 9.17) is 0 Å². The number of aryl methyl sites for hydroxylation is 1. The van der Waals surface area contributed by atoms with E-state index in [0.29, 0.717) is 0 Å². The first-order chi connectivity index (χ1) is 10.1. The summed E-state index contributed by atoms with van der Waals surface area (Å²) in [4.78, 5) is 12.6. The number of non-ortho nitro benzene ring substituents is 1. The minimum absolute atomic E-state index is 0.172. The highest BCUT2D eigenvalue weighted by Gasteiger charge is 2.04.